The van der Waals surface area contributed by atoms with E-state index in [9.17, 15) is 14.4 Å². The van der Waals surface area contributed by atoms with Crippen molar-refractivity contribution in [2.24, 2.45) is 5.73 Å². The van der Waals surface area contributed by atoms with Gasteiger partial charge in [0.2, 0.25) is 11.8 Å². The van der Waals surface area contributed by atoms with Crippen LogP contribution in [-0.2, 0) is 25.5 Å². The van der Waals surface area contributed by atoms with Crippen LogP contribution in [0.15, 0.2) is 24.3 Å². The molecule has 1 aromatic carbocycles. The summed E-state index contributed by atoms with van der Waals surface area (Å²) >= 11 is 3.53. The van der Waals surface area contributed by atoms with Gasteiger partial charge in [-0.15, -0.1) is 0 Å². The first-order valence-electron chi connectivity index (χ1n) is 7.81. The van der Waals surface area contributed by atoms with Gasteiger partial charge in [-0.05, 0) is 30.9 Å². The molecule has 1 atom stereocenters. The summed E-state index contributed by atoms with van der Waals surface area (Å²) in [6.07, 6.45) is 1.91. The molecule has 0 radical (unpaired) electrons. The van der Waals surface area contributed by atoms with Crippen molar-refractivity contribution in [1.29, 1.82) is 0 Å². The number of ether oxygens (including phenoxy) is 2. The van der Waals surface area contributed by atoms with Crippen LogP contribution in [0.5, 0.6) is 5.75 Å². The molecule has 0 fully saturated rings. The van der Waals surface area contributed by atoms with Crippen LogP contribution in [0.3, 0.4) is 0 Å². The van der Waals surface area contributed by atoms with E-state index < -0.39 is 17.9 Å². The van der Waals surface area contributed by atoms with Gasteiger partial charge in [0.05, 0.1) is 6.61 Å². The second kappa shape index (κ2) is 12.2. The van der Waals surface area contributed by atoms with Crippen molar-refractivity contribution in [2.75, 3.05) is 19.5 Å². The maximum atomic E-state index is 11.3. The molecule has 0 aliphatic heterocycles. The third-order valence-corrected chi connectivity index (χ3v) is 2.68. The maximum Gasteiger partial charge on any atom is 0.344 e. The molecule has 2 amide bonds. The predicted octanol–water partition coefficient (Wildman–Crippen LogP) is 0.707. The van der Waals surface area contributed by atoms with Crippen LogP contribution >= 0.6 is 12.6 Å². The van der Waals surface area contributed by atoms with E-state index in [1.807, 2.05) is 0 Å². The Labute approximate surface area is 148 Å². The molecule has 0 aliphatic carbocycles. The summed E-state index contributed by atoms with van der Waals surface area (Å²) in [4.78, 5) is 33.7. The fraction of sp³-hybridized carbons (Fsp3) is 0.438. The second-order valence-electron chi connectivity index (χ2n) is 4.52. The third-order valence-electron chi connectivity index (χ3n) is 2.68. The van der Waals surface area contributed by atoms with E-state index in [0.29, 0.717) is 5.75 Å². The number of benzene rings is 1. The summed E-state index contributed by atoms with van der Waals surface area (Å²) in [6, 6.07) is 5.94. The summed E-state index contributed by atoms with van der Waals surface area (Å²) in [5.41, 5.74) is 5.98. The first-order valence-corrected chi connectivity index (χ1v) is 7.99. The van der Waals surface area contributed by atoms with Crippen LogP contribution in [0.2, 0.25) is 0 Å². The lowest BCUT2D eigenvalue weighted by atomic mass is 10.1. The fourth-order valence-electron chi connectivity index (χ4n) is 1.76. The van der Waals surface area contributed by atoms with E-state index in [1.54, 1.807) is 30.5 Å². The Hall–Kier alpha value is -2.22. The molecular weight excluding hydrogens is 332 g/mol. The zero-order valence-corrected chi connectivity index (χ0v) is 14.7. The van der Waals surface area contributed by atoms with Gasteiger partial charge in [-0.25, -0.2) is 4.79 Å². The average Bonchev–Trinajstić information content (AvgIpc) is 2.59. The van der Waals surface area contributed by atoms with E-state index >= 15 is 0 Å². The van der Waals surface area contributed by atoms with E-state index in [-0.39, 0.29) is 32.4 Å². The van der Waals surface area contributed by atoms with Crippen molar-refractivity contribution < 1.29 is 25.2 Å². The Kier molecular flexibility index (Phi) is 10.1. The molecule has 7 nitrogen and oxygen atoms in total. The number of nitrogens with two attached hydrogens (primary N) is 1. The Morgan fingerprint density at radius 3 is 2.67 bits per heavy atom. The zero-order chi connectivity index (χ0) is 19.2. The van der Waals surface area contributed by atoms with Gasteiger partial charge in [0.15, 0.2) is 6.61 Å². The topological polar surface area (TPSA) is 108 Å². The van der Waals surface area contributed by atoms with Gasteiger partial charge >= 0.3 is 5.97 Å². The number of thiol groups is 1. The van der Waals surface area contributed by atoms with Crippen molar-refractivity contribution >= 4 is 30.4 Å². The lowest BCUT2D eigenvalue weighted by Crippen LogP contribution is -2.44. The molecule has 1 aromatic rings. The highest BCUT2D eigenvalue weighted by atomic mass is 32.1. The summed E-state index contributed by atoms with van der Waals surface area (Å²) in [5, 5.41) is 2.47. The van der Waals surface area contributed by atoms with E-state index in [4.69, 9.17) is 16.6 Å². The molecule has 0 spiro atoms. The van der Waals surface area contributed by atoms with Crippen molar-refractivity contribution in [3.8, 4) is 5.75 Å². The van der Waals surface area contributed by atoms with Crippen LogP contribution in [0.1, 0.15) is 20.8 Å². The normalized spacial score (nSPS) is 11.2. The first kappa shape index (κ1) is 19.8. The molecule has 8 heteroatoms. The molecule has 1 rings (SSSR count). The van der Waals surface area contributed by atoms with E-state index in [1.165, 1.54) is 6.92 Å². The largest absolute Gasteiger partial charge is 0.482 e. The van der Waals surface area contributed by atoms with E-state index in [0.717, 1.165) is 5.56 Å². The van der Waals surface area contributed by atoms with Crippen molar-refractivity contribution in [1.82, 2.24) is 5.32 Å². The highest BCUT2D eigenvalue weighted by Crippen LogP contribution is 2.15. The van der Waals surface area contributed by atoms with Gasteiger partial charge < -0.3 is 20.5 Å². The number of carbonyl (C=O) groups excluding carboxylic acids is 3. The van der Waals surface area contributed by atoms with Gasteiger partial charge in [-0.3, -0.25) is 9.59 Å². The minimum absolute atomic E-state index is 0.00111. The van der Waals surface area contributed by atoms with Crippen molar-refractivity contribution in [2.45, 2.75) is 26.3 Å². The molecule has 0 aliphatic rings. The van der Waals surface area contributed by atoms with Crippen molar-refractivity contribution in [3.63, 3.8) is 0 Å². The SMILES string of the molecule is CS.[3H]CCOC(=O)COc1cccc(C[C@H](NC(C)=O)C(N)=O)c1. The second-order valence-corrected chi connectivity index (χ2v) is 4.52. The Morgan fingerprint density at radius 1 is 1.38 bits per heavy atom. The summed E-state index contributed by atoms with van der Waals surface area (Å²) in [5.74, 6) is -1.11. The molecule has 0 heterocycles. The predicted molar refractivity (Wildman–Crippen MR) is 94.0 cm³/mol. The highest BCUT2D eigenvalue weighted by molar-refractivity contribution is 7.79. The van der Waals surface area contributed by atoms with Crippen LogP contribution in [0, 0.1) is 0 Å². The molecule has 134 valence electrons. The number of hydrogen-bond acceptors (Lipinski definition) is 6. The standard InChI is InChI=1S/C15H20N2O5.CH4S/c1-3-21-14(19)9-22-12-6-4-5-11(7-12)8-13(15(16)20)17-10(2)18;1-2/h4-7,13H,3,8-9H2,1-2H3,(H2,16,20)(H,17,18);2H,1H3/t13-;/m0./s1/i1T;. The summed E-state index contributed by atoms with van der Waals surface area (Å²) < 4.78 is 16.9. The molecule has 0 unspecified atom stereocenters. The maximum absolute atomic E-state index is 11.3. The molecule has 0 saturated carbocycles. The molecule has 3 N–H and O–H groups in total. The molecule has 0 aromatic heterocycles. The van der Waals surface area contributed by atoms with Crippen LogP contribution < -0.4 is 15.8 Å². The number of amides is 2. The van der Waals surface area contributed by atoms with Gasteiger partial charge in [-0.1, -0.05) is 12.1 Å². The van der Waals surface area contributed by atoms with Gasteiger partial charge in [-0.2, -0.15) is 12.6 Å². The third kappa shape index (κ3) is 9.04. The number of primary amides is 1. The molecular formula is C16H24N2O5S. The fourth-order valence-corrected chi connectivity index (χ4v) is 1.76. The van der Waals surface area contributed by atoms with Gasteiger partial charge in [0, 0.05) is 14.7 Å². The highest BCUT2D eigenvalue weighted by Gasteiger charge is 2.17. The zero-order valence-electron chi connectivity index (χ0n) is 14.8. The monoisotopic (exact) mass is 358 g/mol. The minimum atomic E-state index is -0.815. The molecule has 24 heavy (non-hydrogen) atoms. The Balaban J connectivity index is 0.00000277. The molecule has 0 bridgehead atoms. The first-order chi connectivity index (χ1) is 11.9. The number of nitrogens with one attached hydrogen (secondary N) is 1. The lowest BCUT2D eigenvalue weighted by Gasteiger charge is -2.15. The van der Waals surface area contributed by atoms with Crippen molar-refractivity contribution in [3.05, 3.63) is 29.8 Å². The van der Waals surface area contributed by atoms with Crippen LogP contribution in [-0.4, -0.2) is 43.3 Å². The lowest BCUT2D eigenvalue weighted by molar-refractivity contribution is -0.145. The number of esters is 1. The van der Waals surface area contributed by atoms with E-state index in [2.05, 4.69) is 17.9 Å². The number of rotatable bonds is 8. The smallest absolute Gasteiger partial charge is 0.344 e. The quantitative estimate of drug-likeness (QED) is 0.468. The molecule has 0 saturated heterocycles. The summed E-state index contributed by atoms with van der Waals surface area (Å²) in [6.45, 7) is 1.06. The van der Waals surface area contributed by atoms with Crippen LogP contribution in [0.25, 0.3) is 0 Å². The van der Waals surface area contributed by atoms with Gasteiger partial charge in [0.1, 0.15) is 11.8 Å². The van der Waals surface area contributed by atoms with Gasteiger partial charge in [0.25, 0.3) is 0 Å². The minimum Gasteiger partial charge on any atom is -0.482 e. The Bertz CT molecular complexity index is 571. The Morgan fingerprint density at radius 2 is 2.08 bits per heavy atom. The number of hydrogen-bond donors (Lipinski definition) is 3. The van der Waals surface area contributed by atoms with Crippen LogP contribution in [0.4, 0.5) is 0 Å². The number of carbonyl (C=O) groups is 3. The average molecular weight is 358 g/mol. The summed E-state index contributed by atoms with van der Waals surface area (Å²) in [7, 11) is 0.